The molecule has 2 unspecified atom stereocenters. The van der Waals surface area contributed by atoms with E-state index in [0.717, 1.165) is 0 Å². The van der Waals surface area contributed by atoms with Gasteiger partial charge in [0.25, 0.3) is 0 Å². The van der Waals surface area contributed by atoms with Crippen LogP contribution in [0.5, 0.6) is 0 Å². The topological polar surface area (TPSA) is 111 Å². The van der Waals surface area contributed by atoms with Crippen molar-refractivity contribution in [2.75, 3.05) is 93.5 Å². The maximum Gasteiger partial charge on any atom is 0.332 e. The summed E-state index contributed by atoms with van der Waals surface area (Å²) in [6, 6.07) is 0. The Morgan fingerprint density at radius 3 is 1.39 bits per heavy atom. The summed E-state index contributed by atoms with van der Waals surface area (Å²) in [5.74, 6) is 0. The molecule has 12 nitrogen and oxygen atoms in total. The molecule has 0 aromatic carbocycles. The number of rotatable bonds is 18. The maximum absolute atomic E-state index is 5.74. The number of hydrogen-bond acceptors (Lipinski definition) is 12. The molecule has 2 atom stereocenters. The third-order valence-electron chi connectivity index (χ3n) is 4.49. The van der Waals surface area contributed by atoms with Gasteiger partial charge in [0.2, 0.25) is 0 Å². The van der Waals surface area contributed by atoms with E-state index in [0.29, 0.717) is 79.3 Å². The molecule has 0 aromatic rings. The molecular weight excluding hydrogens is 482 g/mol. The molecule has 0 aliphatic carbocycles. The highest BCUT2D eigenvalue weighted by atomic mass is 31.2. The fraction of sp³-hybridized carbons (Fsp3) is 1.00. The van der Waals surface area contributed by atoms with E-state index in [1.54, 1.807) is 14.2 Å². The first kappa shape index (κ1) is 29.6. The van der Waals surface area contributed by atoms with E-state index in [2.05, 4.69) is 0 Å². The van der Waals surface area contributed by atoms with E-state index in [-0.39, 0.29) is 18.0 Å². The van der Waals surface area contributed by atoms with Gasteiger partial charge in [0.05, 0.1) is 71.5 Å². The molecule has 0 N–H and O–H groups in total. The van der Waals surface area contributed by atoms with Crippen LogP contribution < -0.4 is 0 Å². The van der Waals surface area contributed by atoms with Crippen LogP contribution >= 0.6 is 17.2 Å². The SMILES string of the molecule is CCOC(COCCOP1OCC2(CO1)COP(OCCOCC(OC)OCC)OC2)OC. The summed E-state index contributed by atoms with van der Waals surface area (Å²) in [5.41, 5.74) is -0.357. The molecule has 0 amide bonds. The van der Waals surface area contributed by atoms with Gasteiger partial charge in [0.15, 0.2) is 12.6 Å². The predicted octanol–water partition coefficient (Wildman–Crippen LogP) is 2.60. The summed E-state index contributed by atoms with van der Waals surface area (Å²) >= 11 is 0. The lowest BCUT2D eigenvalue weighted by Gasteiger charge is -2.41. The van der Waals surface area contributed by atoms with Crippen LogP contribution in [-0.2, 0) is 55.6 Å². The molecule has 2 fully saturated rings. The first-order valence-corrected chi connectivity index (χ1v) is 13.2. The average molecular weight is 520 g/mol. The van der Waals surface area contributed by atoms with Gasteiger partial charge in [-0.25, -0.2) is 0 Å². The van der Waals surface area contributed by atoms with E-state index in [1.165, 1.54) is 0 Å². The Balaban J connectivity index is 1.49. The van der Waals surface area contributed by atoms with Crippen molar-refractivity contribution in [1.82, 2.24) is 0 Å². The van der Waals surface area contributed by atoms with Crippen molar-refractivity contribution in [3.8, 4) is 0 Å². The highest BCUT2D eigenvalue weighted by molar-refractivity contribution is 7.42. The van der Waals surface area contributed by atoms with E-state index < -0.39 is 17.2 Å². The van der Waals surface area contributed by atoms with E-state index >= 15 is 0 Å². The van der Waals surface area contributed by atoms with Crippen LogP contribution in [0.25, 0.3) is 0 Å². The second-order valence-electron chi connectivity index (χ2n) is 7.10. The molecule has 0 bridgehead atoms. The van der Waals surface area contributed by atoms with Crippen LogP contribution in [0.15, 0.2) is 0 Å². The molecule has 14 heteroatoms. The summed E-state index contributed by atoms with van der Waals surface area (Å²) in [7, 11) is 0.323. The van der Waals surface area contributed by atoms with Crippen LogP contribution in [0, 0.1) is 5.41 Å². The molecule has 196 valence electrons. The Morgan fingerprint density at radius 1 is 0.667 bits per heavy atom. The van der Waals surface area contributed by atoms with Gasteiger partial charge in [-0.1, -0.05) is 0 Å². The van der Waals surface area contributed by atoms with Crippen molar-refractivity contribution < 1.29 is 55.6 Å². The minimum Gasteiger partial charge on any atom is -0.374 e. The van der Waals surface area contributed by atoms with E-state index in [9.17, 15) is 0 Å². The Morgan fingerprint density at radius 2 is 1.06 bits per heavy atom. The third-order valence-corrected chi connectivity index (χ3v) is 6.64. The first-order chi connectivity index (χ1) is 16.1. The zero-order valence-corrected chi connectivity index (χ0v) is 21.7. The van der Waals surface area contributed by atoms with Crippen molar-refractivity contribution in [3.05, 3.63) is 0 Å². The highest BCUT2D eigenvalue weighted by Gasteiger charge is 2.43. The fourth-order valence-corrected chi connectivity index (χ4v) is 5.08. The van der Waals surface area contributed by atoms with E-state index in [4.69, 9.17) is 55.6 Å². The molecule has 33 heavy (non-hydrogen) atoms. The summed E-state index contributed by atoms with van der Waals surface area (Å²) in [6.45, 7) is 8.79. The second kappa shape index (κ2) is 17.8. The van der Waals surface area contributed by atoms with Crippen LogP contribution in [-0.4, -0.2) is 106 Å². The average Bonchev–Trinajstić information content (AvgIpc) is 2.84. The predicted molar refractivity (Wildman–Crippen MR) is 118 cm³/mol. The number of ether oxygens (including phenoxy) is 6. The van der Waals surface area contributed by atoms with Crippen molar-refractivity contribution in [1.29, 1.82) is 0 Å². The Bertz CT molecular complexity index is 430. The quantitative estimate of drug-likeness (QED) is 0.150. The summed E-state index contributed by atoms with van der Waals surface area (Å²) < 4.78 is 66.1. The molecule has 0 saturated carbocycles. The fourth-order valence-electron chi connectivity index (χ4n) is 2.67. The van der Waals surface area contributed by atoms with Crippen LogP contribution in [0.3, 0.4) is 0 Å². The van der Waals surface area contributed by atoms with Crippen LogP contribution in [0.4, 0.5) is 0 Å². The lowest BCUT2D eigenvalue weighted by atomic mass is 9.93. The molecule has 1 spiro atoms. The standard InChI is InChI=1S/C19H38O12P2/c1-5-24-17(20-3)11-22-7-9-26-32-28-13-19(14-29-32)15-30-33(31-16-19)27-10-8-23-12-18(21-4)25-6-2/h17-18H,5-16H2,1-4H3. The lowest BCUT2D eigenvalue weighted by Crippen LogP contribution is -2.44. The smallest absolute Gasteiger partial charge is 0.332 e. The zero-order valence-electron chi connectivity index (χ0n) is 19.9. The minimum atomic E-state index is -1.42. The summed E-state index contributed by atoms with van der Waals surface area (Å²) in [5, 5.41) is 0. The van der Waals surface area contributed by atoms with Crippen molar-refractivity contribution >= 4 is 17.2 Å². The van der Waals surface area contributed by atoms with Gasteiger partial charge >= 0.3 is 17.2 Å². The van der Waals surface area contributed by atoms with Gasteiger partial charge in [-0.15, -0.1) is 0 Å². The Hall–Kier alpha value is 0.380. The first-order valence-electron chi connectivity index (χ1n) is 11.0. The molecule has 0 aromatic heterocycles. The molecule has 2 heterocycles. The van der Waals surface area contributed by atoms with E-state index in [1.807, 2.05) is 13.8 Å². The van der Waals surface area contributed by atoms with Gasteiger partial charge in [-0.3, -0.25) is 0 Å². The van der Waals surface area contributed by atoms with Crippen LogP contribution in [0.1, 0.15) is 13.8 Å². The van der Waals surface area contributed by atoms with Gasteiger partial charge in [-0.05, 0) is 13.8 Å². The summed E-state index contributed by atoms with van der Waals surface area (Å²) in [4.78, 5) is 0. The highest BCUT2D eigenvalue weighted by Crippen LogP contribution is 2.52. The van der Waals surface area contributed by atoms with Crippen molar-refractivity contribution in [2.45, 2.75) is 26.4 Å². The Labute approximate surface area is 198 Å². The maximum atomic E-state index is 5.74. The van der Waals surface area contributed by atoms with Crippen LogP contribution in [0.2, 0.25) is 0 Å². The summed E-state index contributed by atoms with van der Waals surface area (Å²) in [6.07, 6.45) is -0.751. The molecular formula is C19H38O12P2. The molecule has 2 aliphatic rings. The number of hydrogen-bond donors (Lipinski definition) is 0. The monoisotopic (exact) mass is 520 g/mol. The third kappa shape index (κ3) is 11.8. The lowest BCUT2D eigenvalue weighted by molar-refractivity contribution is -0.155. The molecule has 0 radical (unpaired) electrons. The van der Waals surface area contributed by atoms with Gasteiger partial charge < -0.3 is 55.6 Å². The largest absolute Gasteiger partial charge is 0.374 e. The number of methoxy groups -OCH3 is 2. The molecule has 2 aliphatic heterocycles. The van der Waals surface area contributed by atoms with Gasteiger partial charge in [0, 0.05) is 27.4 Å². The molecule has 2 rings (SSSR count). The van der Waals surface area contributed by atoms with Gasteiger partial charge in [0.1, 0.15) is 0 Å². The molecule has 2 saturated heterocycles. The van der Waals surface area contributed by atoms with Crippen molar-refractivity contribution in [2.24, 2.45) is 5.41 Å². The van der Waals surface area contributed by atoms with Gasteiger partial charge in [-0.2, -0.15) is 0 Å². The second-order valence-corrected chi connectivity index (χ2v) is 9.54. The minimum absolute atomic E-state index is 0.337. The van der Waals surface area contributed by atoms with Crippen molar-refractivity contribution in [3.63, 3.8) is 0 Å². The Kier molecular flexibility index (Phi) is 15.9. The zero-order chi connectivity index (χ0) is 23.8. The normalized spacial score (nSPS) is 27.6.